The predicted molar refractivity (Wildman–Crippen MR) is 85.0 cm³/mol. The topological polar surface area (TPSA) is 35.5 Å². The molecule has 2 saturated carbocycles. The molecule has 118 valence electrons. The van der Waals surface area contributed by atoms with E-state index in [1.54, 1.807) is 0 Å². The van der Waals surface area contributed by atoms with E-state index in [1.807, 2.05) is 0 Å². The number of rotatable bonds is 8. The molecule has 0 spiro atoms. The van der Waals surface area contributed by atoms with E-state index >= 15 is 0 Å². The minimum absolute atomic E-state index is 0.316. The molecule has 0 radical (unpaired) electrons. The first-order chi connectivity index (χ1) is 9.85. The van der Waals surface area contributed by atoms with Gasteiger partial charge in [-0.1, -0.05) is 32.6 Å². The van der Waals surface area contributed by atoms with Crippen LogP contribution < -0.4 is 5.32 Å². The molecule has 2 atom stereocenters. The molecule has 3 nitrogen and oxygen atoms in total. The van der Waals surface area contributed by atoms with Crippen LogP contribution in [0.2, 0.25) is 0 Å². The van der Waals surface area contributed by atoms with Crippen molar-refractivity contribution in [3.8, 4) is 0 Å². The summed E-state index contributed by atoms with van der Waals surface area (Å²) in [5.41, 5.74) is 0. The highest BCUT2D eigenvalue weighted by Crippen LogP contribution is 2.29. The van der Waals surface area contributed by atoms with E-state index in [0.29, 0.717) is 12.6 Å². The smallest absolute Gasteiger partial charge is 0.0558 e. The summed E-state index contributed by atoms with van der Waals surface area (Å²) in [7, 11) is 0. The minimum Gasteiger partial charge on any atom is -0.395 e. The van der Waals surface area contributed by atoms with Crippen LogP contribution in [0.5, 0.6) is 0 Å². The molecule has 2 rings (SSSR count). The first-order valence-electron chi connectivity index (χ1n) is 8.93. The molecule has 0 aliphatic heterocycles. The van der Waals surface area contributed by atoms with Gasteiger partial charge in [0.2, 0.25) is 0 Å². The number of nitrogens with one attached hydrogen (secondary N) is 1. The number of nitrogens with zero attached hydrogens (tertiary/aromatic N) is 1. The van der Waals surface area contributed by atoms with Crippen LogP contribution in [-0.2, 0) is 0 Å². The third-order valence-corrected chi connectivity index (χ3v) is 5.26. The van der Waals surface area contributed by atoms with Crippen LogP contribution in [0, 0.1) is 5.92 Å². The van der Waals surface area contributed by atoms with Crippen LogP contribution in [0.3, 0.4) is 0 Å². The molecule has 0 aromatic heterocycles. The fourth-order valence-corrected chi connectivity index (χ4v) is 4.15. The van der Waals surface area contributed by atoms with Gasteiger partial charge in [-0.05, 0) is 44.6 Å². The van der Waals surface area contributed by atoms with Gasteiger partial charge in [-0.3, -0.25) is 4.90 Å². The van der Waals surface area contributed by atoms with Crippen molar-refractivity contribution in [2.75, 3.05) is 26.2 Å². The summed E-state index contributed by atoms with van der Waals surface area (Å²) in [4.78, 5) is 2.60. The van der Waals surface area contributed by atoms with E-state index in [9.17, 15) is 5.11 Å². The first-order valence-corrected chi connectivity index (χ1v) is 8.93. The zero-order valence-electron chi connectivity index (χ0n) is 13.3. The van der Waals surface area contributed by atoms with Gasteiger partial charge in [0, 0.05) is 25.2 Å². The highest BCUT2D eigenvalue weighted by atomic mass is 16.3. The lowest BCUT2D eigenvalue weighted by molar-refractivity contribution is 0.106. The molecule has 0 aromatic carbocycles. The van der Waals surface area contributed by atoms with Crippen molar-refractivity contribution in [1.29, 1.82) is 0 Å². The standard InChI is InChI=1S/C17H34N2O/c1-2-11-18-17-10-6-3-7-15(17)14-19(12-13-20)16-8-4-5-9-16/h15-18,20H,2-14H2,1H3. The predicted octanol–water partition coefficient (Wildman–Crippen LogP) is 2.78. The summed E-state index contributed by atoms with van der Waals surface area (Å²) < 4.78 is 0. The van der Waals surface area contributed by atoms with Crippen LogP contribution in [0.25, 0.3) is 0 Å². The van der Waals surface area contributed by atoms with Crippen molar-refractivity contribution < 1.29 is 5.11 Å². The van der Waals surface area contributed by atoms with Crippen LogP contribution in [0.4, 0.5) is 0 Å². The molecular formula is C17H34N2O. The summed E-state index contributed by atoms with van der Waals surface area (Å²) in [6.45, 7) is 5.80. The number of hydrogen-bond acceptors (Lipinski definition) is 3. The van der Waals surface area contributed by atoms with Crippen LogP contribution in [0.15, 0.2) is 0 Å². The van der Waals surface area contributed by atoms with Gasteiger partial charge in [-0.2, -0.15) is 0 Å². The fraction of sp³-hybridized carbons (Fsp3) is 1.00. The van der Waals surface area contributed by atoms with Gasteiger partial charge in [0.05, 0.1) is 6.61 Å². The Morgan fingerprint density at radius 3 is 2.45 bits per heavy atom. The lowest BCUT2D eigenvalue weighted by Gasteiger charge is -2.38. The Hall–Kier alpha value is -0.120. The molecule has 20 heavy (non-hydrogen) atoms. The number of aliphatic hydroxyl groups excluding tert-OH is 1. The summed E-state index contributed by atoms with van der Waals surface area (Å²) >= 11 is 0. The minimum atomic E-state index is 0.316. The molecule has 2 aliphatic carbocycles. The molecule has 2 fully saturated rings. The first kappa shape index (κ1) is 16.3. The Morgan fingerprint density at radius 2 is 1.75 bits per heavy atom. The summed E-state index contributed by atoms with van der Waals surface area (Å²) in [5.74, 6) is 0.794. The fourth-order valence-electron chi connectivity index (χ4n) is 4.15. The lowest BCUT2D eigenvalue weighted by atomic mass is 9.83. The Bertz CT molecular complexity index is 253. The van der Waals surface area contributed by atoms with Gasteiger partial charge in [0.15, 0.2) is 0 Å². The molecule has 0 saturated heterocycles. The molecule has 3 heteroatoms. The van der Waals surface area contributed by atoms with Gasteiger partial charge in [-0.15, -0.1) is 0 Å². The maximum atomic E-state index is 9.38. The van der Waals surface area contributed by atoms with E-state index in [4.69, 9.17) is 0 Å². The van der Waals surface area contributed by atoms with Gasteiger partial charge in [-0.25, -0.2) is 0 Å². The van der Waals surface area contributed by atoms with Crippen LogP contribution in [0.1, 0.15) is 64.7 Å². The average molecular weight is 282 g/mol. The van der Waals surface area contributed by atoms with Crippen molar-refractivity contribution in [1.82, 2.24) is 10.2 Å². The van der Waals surface area contributed by atoms with E-state index in [0.717, 1.165) is 25.0 Å². The van der Waals surface area contributed by atoms with Crippen molar-refractivity contribution in [2.45, 2.75) is 76.8 Å². The molecule has 2 aliphatic rings. The summed E-state index contributed by atoms with van der Waals surface area (Å²) in [5, 5.41) is 13.1. The average Bonchev–Trinajstić information content (AvgIpc) is 3.00. The molecule has 0 bridgehead atoms. The Kier molecular flexibility index (Phi) is 7.32. The van der Waals surface area contributed by atoms with Gasteiger partial charge in [0.1, 0.15) is 0 Å². The second-order valence-electron chi connectivity index (χ2n) is 6.76. The van der Waals surface area contributed by atoms with Gasteiger partial charge in [0.25, 0.3) is 0 Å². The molecule has 0 aromatic rings. The molecule has 2 unspecified atom stereocenters. The van der Waals surface area contributed by atoms with Crippen molar-refractivity contribution in [2.24, 2.45) is 5.92 Å². The van der Waals surface area contributed by atoms with Crippen molar-refractivity contribution >= 4 is 0 Å². The lowest BCUT2D eigenvalue weighted by Crippen LogP contribution is -2.47. The van der Waals surface area contributed by atoms with Crippen LogP contribution >= 0.6 is 0 Å². The van der Waals surface area contributed by atoms with Crippen LogP contribution in [-0.4, -0.2) is 48.3 Å². The zero-order valence-corrected chi connectivity index (χ0v) is 13.3. The zero-order chi connectivity index (χ0) is 14.2. The molecule has 2 N–H and O–H groups in total. The second-order valence-corrected chi connectivity index (χ2v) is 6.76. The van der Waals surface area contributed by atoms with E-state index in [1.165, 1.54) is 64.3 Å². The Morgan fingerprint density at radius 1 is 1.05 bits per heavy atom. The summed E-state index contributed by atoms with van der Waals surface area (Å²) in [6.07, 6.45) is 12.2. The Labute approximate surface area is 125 Å². The quantitative estimate of drug-likeness (QED) is 0.718. The van der Waals surface area contributed by atoms with Crippen molar-refractivity contribution in [3.63, 3.8) is 0 Å². The second kappa shape index (κ2) is 9.01. The molecular weight excluding hydrogens is 248 g/mol. The van der Waals surface area contributed by atoms with Gasteiger partial charge >= 0.3 is 0 Å². The monoisotopic (exact) mass is 282 g/mol. The third-order valence-electron chi connectivity index (χ3n) is 5.26. The summed E-state index contributed by atoms with van der Waals surface area (Å²) in [6, 6.07) is 1.46. The van der Waals surface area contributed by atoms with Gasteiger partial charge < -0.3 is 10.4 Å². The third kappa shape index (κ3) is 4.71. The largest absolute Gasteiger partial charge is 0.395 e. The van der Waals surface area contributed by atoms with E-state index in [2.05, 4.69) is 17.1 Å². The van der Waals surface area contributed by atoms with E-state index < -0.39 is 0 Å². The number of hydrogen-bond donors (Lipinski definition) is 2. The maximum absolute atomic E-state index is 9.38. The molecule has 0 amide bonds. The highest BCUT2D eigenvalue weighted by molar-refractivity contribution is 4.86. The molecule has 0 heterocycles. The Balaban J connectivity index is 1.88. The van der Waals surface area contributed by atoms with Crippen molar-refractivity contribution in [3.05, 3.63) is 0 Å². The number of aliphatic hydroxyl groups is 1. The normalized spacial score (nSPS) is 28.4. The maximum Gasteiger partial charge on any atom is 0.0558 e. The van der Waals surface area contributed by atoms with E-state index in [-0.39, 0.29) is 0 Å². The SMILES string of the molecule is CCCNC1CCCCC1CN(CCO)C1CCCC1. The highest BCUT2D eigenvalue weighted by Gasteiger charge is 2.29.